The van der Waals surface area contributed by atoms with E-state index in [0.717, 1.165) is 12.1 Å². The van der Waals surface area contributed by atoms with Crippen LogP contribution in [-0.4, -0.2) is 34.7 Å². The van der Waals surface area contributed by atoms with Crippen molar-refractivity contribution < 1.29 is 23.1 Å². The Kier molecular flexibility index (Phi) is 3.97. The molecule has 2 N–H and O–H groups in total. The van der Waals surface area contributed by atoms with Crippen LogP contribution >= 0.6 is 0 Å². The summed E-state index contributed by atoms with van der Waals surface area (Å²) in [7, 11) is 0. The molecule has 1 heterocycles. The molecule has 2 amide bonds. The van der Waals surface area contributed by atoms with Crippen LogP contribution in [0, 0.1) is 17.2 Å². The second kappa shape index (κ2) is 5.83. The van der Waals surface area contributed by atoms with E-state index in [1.807, 2.05) is 12.2 Å². The third-order valence-electron chi connectivity index (χ3n) is 4.42. The number of nitrogens with zero attached hydrogens (tertiary/aromatic N) is 2. The highest BCUT2D eigenvalue weighted by molar-refractivity contribution is 5.90. The molecule has 0 radical (unpaired) electrons. The van der Waals surface area contributed by atoms with Crippen molar-refractivity contribution in [1.29, 1.82) is 5.26 Å². The predicted molar refractivity (Wildman–Crippen MR) is 78.9 cm³/mol. The molecule has 1 aliphatic heterocycles. The smallest absolute Gasteiger partial charge is 0.394 e. The number of aliphatic hydroxyl groups is 1. The quantitative estimate of drug-likeness (QED) is 0.815. The number of hydrogen-bond donors (Lipinski definition) is 2. The van der Waals surface area contributed by atoms with Crippen molar-refractivity contribution in [3.63, 3.8) is 0 Å². The van der Waals surface area contributed by atoms with E-state index in [2.05, 4.69) is 5.32 Å². The molecule has 1 fully saturated rings. The first-order chi connectivity index (χ1) is 11.3. The van der Waals surface area contributed by atoms with Crippen molar-refractivity contribution in [2.24, 2.45) is 5.92 Å². The van der Waals surface area contributed by atoms with Crippen LogP contribution in [0.2, 0.25) is 0 Å². The van der Waals surface area contributed by atoms with Gasteiger partial charge in [-0.1, -0.05) is 12.2 Å². The van der Waals surface area contributed by atoms with Gasteiger partial charge in [-0.05, 0) is 24.6 Å². The number of fused-ring (bicyclic) bond motifs is 2. The number of urea groups is 1. The fourth-order valence-electron chi connectivity index (χ4n) is 3.32. The molecule has 8 heteroatoms. The van der Waals surface area contributed by atoms with Gasteiger partial charge in [-0.15, -0.1) is 0 Å². The number of nitrogens with one attached hydrogen (secondary N) is 1. The van der Waals surface area contributed by atoms with Crippen LogP contribution in [0.15, 0.2) is 30.4 Å². The number of nitriles is 1. The summed E-state index contributed by atoms with van der Waals surface area (Å²) in [6, 6.07) is 3.41. The molecule has 2 bridgehead atoms. The minimum Gasteiger partial charge on any atom is -0.394 e. The normalized spacial score (nSPS) is 25.0. The molecule has 0 saturated carbocycles. The van der Waals surface area contributed by atoms with E-state index in [1.165, 1.54) is 17.0 Å². The summed E-state index contributed by atoms with van der Waals surface area (Å²) < 4.78 is 38.9. The number of halogens is 3. The number of benzene rings is 1. The van der Waals surface area contributed by atoms with Crippen molar-refractivity contribution in [1.82, 2.24) is 4.90 Å². The van der Waals surface area contributed by atoms with Gasteiger partial charge in [-0.3, -0.25) is 0 Å². The molecule has 24 heavy (non-hydrogen) atoms. The van der Waals surface area contributed by atoms with E-state index < -0.39 is 23.3 Å². The van der Waals surface area contributed by atoms with Crippen LogP contribution in [0.1, 0.15) is 17.5 Å². The number of carbonyl (C=O) groups excluding carboxylic acids is 1. The standard InChI is InChI=1S/C16H14F3N3O2/c17-16(18,19)13-6-11(3-1-10(13)7-20)21-15(24)22-12-4-2-9(5-12)14(22)8-23/h1-4,6,9,12,14,23H,5,8H2,(H,21,24)/t9-,12+,14+/m1/s1. The highest BCUT2D eigenvalue weighted by Gasteiger charge is 2.44. The largest absolute Gasteiger partial charge is 0.417 e. The van der Waals surface area contributed by atoms with Gasteiger partial charge in [0.15, 0.2) is 0 Å². The van der Waals surface area contributed by atoms with Crippen LogP contribution in [-0.2, 0) is 6.18 Å². The molecule has 0 unspecified atom stereocenters. The van der Waals surface area contributed by atoms with Gasteiger partial charge in [0.1, 0.15) is 0 Å². The molecule has 0 spiro atoms. The highest BCUT2D eigenvalue weighted by atomic mass is 19.4. The number of hydrogen-bond acceptors (Lipinski definition) is 3. The van der Waals surface area contributed by atoms with Crippen LogP contribution in [0.3, 0.4) is 0 Å². The molecule has 5 nitrogen and oxygen atoms in total. The van der Waals surface area contributed by atoms with E-state index in [-0.39, 0.29) is 30.3 Å². The molecule has 126 valence electrons. The minimum absolute atomic E-state index is 0.0465. The van der Waals surface area contributed by atoms with Crippen molar-refractivity contribution in [2.45, 2.75) is 24.7 Å². The summed E-state index contributed by atoms with van der Waals surface area (Å²) in [6.45, 7) is -0.208. The molecule has 1 aromatic carbocycles. The number of aliphatic hydroxyl groups excluding tert-OH is 1. The number of rotatable bonds is 2. The maximum absolute atomic E-state index is 13.0. The molecule has 1 aromatic rings. The van der Waals surface area contributed by atoms with Crippen molar-refractivity contribution in [3.05, 3.63) is 41.5 Å². The number of alkyl halides is 3. The number of carbonyl (C=O) groups is 1. The van der Waals surface area contributed by atoms with Crippen molar-refractivity contribution >= 4 is 11.7 Å². The van der Waals surface area contributed by atoms with Crippen LogP contribution in [0.25, 0.3) is 0 Å². The third-order valence-corrected chi connectivity index (χ3v) is 4.42. The van der Waals surface area contributed by atoms with E-state index in [0.29, 0.717) is 6.42 Å². The van der Waals surface area contributed by atoms with Gasteiger partial charge >= 0.3 is 12.2 Å². The highest BCUT2D eigenvalue weighted by Crippen LogP contribution is 2.38. The first kappa shape index (κ1) is 16.3. The van der Waals surface area contributed by atoms with Gasteiger partial charge in [-0.25, -0.2) is 4.79 Å². The van der Waals surface area contributed by atoms with Crippen molar-refractivity contribution in [3.8, 4) is 6.07 Å². The lowest BCUT2D eigenvalue weighted by molar-refractivity contribution is -0.137. The number of likely N-dealkylation sites (tertiary alicyclic amines) is 1. The Hall–Kier alpha value is -2.53. The zero-order valence-electron chi connectivity index (χ0n) is 12.4. The summed E-state index contributed by atoms with van der Waals surface area (Å²) in [6.07, 6.45) is -0.177. The summed E-state index contributed by atoms with van der Waals surface area (Å²) in [5.74, 6) is 0.0671. The molecule has 0 aromatic heterocycles. The van der Waals surface area contributed by atoms with E-state index in [1.54, 1.807) is 0 Å². The van der Waals surface area contributed by atoms with Gasteiger partial charge in [0, 0.05) is 11.6 Å². The maximum Gasteiger partial charge on any atom is 0.417 e. The zero-order valence-corrected chi connectivity index (χ0v) is 12.4. The van der Waals surface area contributed by atoms with Gasteiger partial charge in [0.2, 0.25) is 0 Å². The molecule has 2 aliphatic rings. The molecular weight excluding hydrogens is 323 g/mol. The molecule has 3 rings (SSSR count). The lowest BCUT2D eigenvalue weighted by Crippen LogP contribution is -2.47. The topological polar surface area (TPSA) is 76.4 Å². The van der Waals surface area contributed by atoms with Crippen molar-refractivity contribution in [2.75, 3.05) is 11.9 Å². The van der Waals surface area contributed by atoms with Gasteiger partial charge < -0.3 is 15.3 Å². The van der Waals surface area contributed by atoms with Gasteiger partial charge in [0.05, 0.1) is 35.9 Å². The third kappa shape index (κ3) is 2.71. The van der Waals surface area contributed by atoms with Gasteiger partial charge in [-0.2, -0.15) is 18.4 Å². The lowest BCUT2D eigenvalue weighted by Gasteiger charge is -2.31. The fraction of sp³-hybridized carbons (Fsp3) is 0.375. The Balaban J connectivity index is 1.83. The fourth-order valence-corrected chi connectivity index (χ4v) is 3.32. The van der Waals surface area contributed by atoms with E-state index in [4.69, 9.17) is 5.26 Å². The molecular formula is C16H14F3N3O2. The Bertz CT molecular complexity index is 739. The Labute approximate surface area is 136 Å². The average molecular weight is 337 g/mol. The molecule has 1 aliphatic carbocycles. The predicted octanol–water partition coefficient (Wildman–Crippen LogP) is 2.73. The molecule has 3 atom stereocenters. The van der Waals surface area contributed by atoms with Gasteiger partial charge in [0.25, 0.3) is 0 Å². The molecule has 1 saturated heterocycles. The lowest BCUT2D eigenvalue weighted by atomic mass is 10.0. The summed E-state index contributed by atoms with van der Waals surface area (Å²) in [4.78, 5) is 13.9. The Morgan fingerprint density at radius 2 is 2.17 bits per heavy atom. The first-order valence-corrected chi connectivity index (χ1v) is 7.35. The van der Waals surface area contributed by atoms with Crippen LogP contribution in [0.4, 0.5) is 23.7 Å². The SMILES string of the molecule is N#Cc1ccc(NC(=O)N2[C@H]3C=C[C@H](C3)[C@@H]2CO)cc1C(F)(F)F. The summed E-state index contributed by atoms with van der Waals surface area (Å²) >= 11 is 0. The number of amides is 2. The first-order valence-electron chi connectivity index (χ1n) is 7.35. The second-order valence-corrected chi connectivity index (χ2v) is 5.81. The number of anilines is 1. The zero-order chi connectivity index (χ0) is 17.5. The van der Waals surface area contributed by atoms with E-state index in [9.17, 15) is 23.1 Å². The minimum atomic E-state index is -4.69. The summed E-state index contributed by atoms with van der Waals surface area (Å²) in [5, 5.41) is 20.7. The van der Waals surface area contributed by atoms with Crippen LogP contribution < -0.4 is 5.32 Å². The Morgan fingerprint density at radius 3 is 2.79 bits per heavy atom. The average Bonchev–Trinajstić information content (AvgIpc) is 3.14. The second-order valence-electron chi connectivity index (χ2n) is 5.81. The summed E-state index contributed by atoms with van der Waals surface area (Å²) in [5.41, 5.74) is -1.64. The monoisotopic (exact) mass is 337 g/mol. The van der Waals surface area contributed by atoms with Crippen LogP contribution in [0.5, 0.6) is 0 Å². The Morgan fingerprint density at radius 1 is 1.42 bits per heavy atom. The maximum atomic E-state index is 13.0. The van der Waals surface area contributed by atoms with E-state index >= 15 is 0 Å².